The molecule has 13 heteroatoms. The van der Waals surface area contributed by atoms with Crippen molar-refractivity contribution in [3.63, 3.8) is 0 Å². The van der Waals surface area contributed by atoms with E-state index in [0.717, 1.165) is 22.6 Å². The molecule has 0 aliphatic heterocycles. The molecule has 5 rings (SSSR count). The van der Waals surface area contributed by atoms with Crippen molar-refractivity contribution in [2.75, 3.05) is 7.11 Å². The van der Waals surface area contributed by atoms with E-state index in [1.807, 2.05) is 38.1 Å². The number of hydrogen-bond donors (Lipinski definition) is 1. The lowest BCUT2D eigenvalue weighted by Gasteiger charge is -2.06. The second-order valence-corrected chi connectivity index (χ2v) is 9.16. The minimum absolute atomic E-state index is 0.00357. The molecule has 9 nitrogen and oxygen atoms in total. The number of nitrogens with zero attached hydrogens (tertiary/aromatic N) is 6. The molecule has 0 aliphatic rings. The Morgan fingerprint density at radius 1 is 1.17 bits per heavy atom. The number of H-pyrrole nitrogens is 1. The monoisotopic (exact) mass is 513 g/mol. The topological polar surface area (TPSA) is 111 Å². The Kier molecular flexibility index (Phi) is 5.79. The number of fused-ring (bicyclic) bond motifs is 1. The number of aromatic amines is 1. The molecule has 0 bridgehead atoms. The van der Waals surface area contributed by atoms with E-state index < -0.39 is 17.5 Å². The molecule has 0 radical (unpaired) electrons. The van der Waals surface area contributed by atoms with Gasteiger partial charge in [-0.15, -0.1) is 10.2 Å². The van der Waals surface area contributed by atoms with Crippen LogP contribution in [0.3, 0.4) is 0 Å². The number of carbonyl (C=O) groups excluding carboxylic acids is 1. The number of ketones is 1. The second-order valence-electron chi connectivity index (χ2n) is 8.15. The predicted octanol–water partition coefficient (Wildman–Crippen LogP) is 5.04. The zero-order valence-corrected chi connectivity index (χ0v) is 20.0. The van der Waals surface area contributed by atoms with Gasteiger partial charge in [0.25, 0.3) is 5.78 Å². The van der Waals surface area contributed by atoms with Gasteiger partial charge >= 0.3 is 6.18 Å². The van der Waals surface area contributed by atoms with Crippen LogP contribution in [0.2, 0.25) is 0 Å². The molecular formula is C23H18F3N7O2S. The number of methoxy groups -OCH3 is 1. The normalized spacial score (nSPS) is 12.0. The Hall–Kier alpha value is -4.13. The molecule has 0 saturated heterocycles. The maximum Gasteiger partial charge on any atom is 0.416 e. The predicted molar refractivity (Wildman–Crippen MR) is 125 cm³/mol. The van der Waals surface area contributed by atoms with Gasteiger partial charge in [0.05, 0.1) is 23.9 Å². The zero-order valence-electron chi connectivity index (χ0n) is 19.2. The molecular weight excluding hydrogens is 495 g/mol. The Bertz CT molecular complexity index is 1570. The Balaban J connectivity index is 1.73. The number of thiazole rings is 1. The summed E-state index contributed by atoms with van der Waals surface area (Å²) in [5, 5.41) is 17.6. The molecule has 0 atom stereocenters. The SMILES string of the molecule is COc1cccc(-c2nc(-n3nc(C(=O)c4nn[nH]n4)c4cc(C(F)(F)F)ccc43)sc2C(C)C)c1. The molecule has 2 aromatic carbocycles. The quantitative estimate of drug-likeness (QED) is 0.317. The molecule has 3 aromatic heterocycles. The molecule has 36 heavy (non-hydrogen) atoms. The third-order valence-electron chi connectivity index (χ3n) is 5.46. The second kappa shape index (κ2) is 8.82. The summed E-state index contributed by atoms with van der Waals surface area (Å²) in [5.41, 5.74) is 0.665. The van der Waals surface area contributed by atoms with Gasteiger partial charge in [0.15, 0.2) is 0 Å². The van der Waals surface area contributed by atoms with Gasteiger partial charge in [-0.05, 0) is 41.5 Å². The van der Waals surface area contributed by atoms with E-state index in [-0.39, 0.29) is 28.3 Å². The van der Waals surface area contributed by atoms with Crippen LogP contribution in [-0.2, 0) is 6.18 Å². The van der Waals surface area contributed by atoms with Crippen LogP contribution < -0.4 is 4.74 Å². The summed E-state index contributed by atoms with van der Waals surface area (Å²) in [7, 11) is 1.57. The maximum atomic E-state index is 13.5. The van der Waals surface area contributed by atoms with Gasteiger partial charge in [-0.1, -0.05) is 37.3 Å². The van der Waals surface area contributed by atoms with Crippen LogP contribution in [0.5, 0.6) is 5.75 Å². The van der Waals surface area contributed by atoms with Crippen LogP contribution >= 0.6 is 11.3 Å². The third-order valence-corrected chi connectivity index (χ3v) is 6.79. The van der Waals surface area contributed by atoms with Crippen LogP contribution in [0.4, 0.5) is 13.2 Å². The van der Waals surface area contributed by atoms with Crippen molar-refractivity contribution < 1.29 is 22.7 Å². The molecule has 184 valence electrons. The fraction of sp³-hybridized carbons (Fsp3) is 0.217. The first-order valence-electron chi connectivity index (χ1n) is 10.7. The zero-order chi connectivity index (χ0) is 25.6. The van der Waals surface area contributed by atoms with Gasteiger partial charge in [-0.2, -0.15) is 23.5 Å². The molecule has 0 spiro atoms. The standard InChI is InChI=1S/C23H18F3N7O2S/c1-11(2)20-17(12-5-4-6-14(9-12)35-3)27-22(36-20)33-16-8-7-13(23(24,25)26)10-15(16)18(30-33)19(34)21-28-31-32-29-21/h4-11H,1-3H3,(H,28,29,31,32). The number of hydrogen-bond acceptors (Lipinski definition) is 8. The van der Waals surface area contributed by atoms with Crippen LogP contribution in [-0.4, -0.2) is 48.3 Å². The van der Waals surface area contributed by atoms with Crippen molar-refractivity contribution in [1.29, 1.82) is 0 Å². The largest absolute Gasteiger partial charge is 0.497 e. The summed E-state index contributed by atoms with van der Waals surface area (Å²) in [4.78, 5) is 18.8. The average Bonchev–Trinajstić information content (AvgIpc) is 3.61. The third kappa shape index (κ3) is 4.11. The summed E-state index contributed by atoms with van der Waals surface area (Å²) >= 11 is 1.34. The molecule has 5 aromatic rings. The van der Waals surface area contributed by atoms with Gasteiger partial charge in [-0.3, -0.25) is 4.79 Å². The van der Waals surface area contributed by atoms with Gasteiger partial charge in [-0.25, -0.2) is 9.67 Å². The van der Waals surface area contributed by atoms with Crippen LogP contribution in [0, 0.1) is 0 Å². The van der Waals surface area contributed by atoms with E-state index in [1.54, 1.807) is 7.11 Å². The summed E-state index contributed by atoms with van der Waals surface area (Å²) in [5.74, 6) is -0.316. The first-order chi connectivity index (χ1) is 17.2. The number of aromatic nitrogens is 7. The molecule has 0 amide bonds. The summed E-state index contributed by atoms with van der Waals surface area (Å²) in [6.45, 7) is 4.03. The van der Waals surface area contributed by atoms with E-state index in [1.165, 1.54) is 22.1 Å². The van der Waals surface area contributed by atoms with Crippen molar-refractivity contribution >= 4 is 28.0 Å². The Morgan fingerprint density at radius 3 is 2.64 bits per heavy atom. The summed E-state index contributed by atoms with van der Waals surface area (Å²) < 4.78 is 47.1. The number of tetrazole rings is 1. The van der Waals surface area contributed by atoms with Crippen molar-refractivity contribution in [1.82, 2.24) is 35.4 Å². The van der Waals surface area contributed by atoms with Crippen LogP contribution in [0.15, 0.2) is 42.5 Å². The fourth-order valence-electron chi connectivity index (χ4n) is 3.75. The highest BCUT2D eigenvalue weighted by Crippen LogP contribution is 2.38. The highest BCUT2D eigenvalue weighted by atomic mass is 32.1. The van der Waals surface area contributed by atoms with E-state index in [4.69, 9.17) is 9.72 Å². The number of alkyl halides is 3. The number of halogens is 3. The molecule has 0 saturated carbocycles. The fourth-order valence-corrected chi connectivity index (χ4v) is 4.81. The van der Waals surface area contributed by atoms with Gasteiger partial charge in [0, 0.05) is 15.8 Å². The van der Waals surface area contributed by atoms with Crippen molar-refractivity contribution in [3.05, 3.63) is 64.4 Å². The molecule has 1 N–H and O–H groups in total. The molecule has 0 fully saturated rings. The lowest BCUT2D eigenvalue weighted by molar-refractivity contribution is -0.137. The van der Waals surface area contributed by atoms with E-state index in [9.17, 15) is 18.0 Å². The van der Waals surface area contributed by atoms with Crippen LogP contribution in [0.25, 0.3) is 27.3 Å². The minimum Gasteiger partial charge on any atom is -0.497 e. The Labute approximate surface area is 205 Å². The minimum atomic E-state index is -4.60. The van der Waals surface area contributed by atoms with Gasteiger partial charge in [0.1, 0.15) is 11.4 Å². The van der Waals surface area contributed by atoms with E-state index in [0.29, 0.717) is 16.6 Å². The van der Waals surface area contributed by atoms with Crippen LogP contribution in [0.1, 0.15) is 46.5 Å². The summed E-state index contributed by atoms with van der Waals surface area (Å²) in [6.07, 6.45) is -4.60. The Morgan fingerprint density at radius 2 is 1.97 bits per heavy atom. The number of rotatable bonds is 6. The highest BCUT2D eigenvalue weighted by Gasteiger charge is 2.33. The van der Waals surface area contributed by atoms with E-state index >= 15 is 0 Å². The van der Waals surface area contributed by atoms with Crippen molar-refractivity contribution in [3.8, 4) is 22.1 Å². The van der Waals surface area contributed by atoms with Gasteiger partial charge < -0.3 is 4.74 Å². The number of nitrogens with one attached hydrogen (secondary N) is 1. The first-order valence-corrected chi connectivity index (χ1v) is 11.5. The van der Waals surface area contributed by atoms with E-state index in [2.05, 4.69) is 25.7 Å². The highest BCUT2D eigenvalue weighted by molar-refractivity contribution is 7.14. The average molecular weight is 514 g/mol. The lowest BCUT2D eigenvalue weighted by atomic mass is 10.1. The number of benzene rings is 2. The maximum absolute atomic E-state index is 13.5. The first kappa shape index (κ1) is 23.6. The smallest absolute Gasteiger partial charge is 0.416 e. The molecule has 3 heterocycles. The number of carbonyl (C=O) groups is 1. The van der Waals surface area contributed by atoms with Crippen molar-refractivity contribution in [2.45, 2.75) is 25.9 Å². The summed E-state index contributed by atoms with van der Waals surface area (Å²) in [6, 6.07) is 10.5. The number of ether oxygens (including phenoxy) is 1. The molecule has 0 aliphatic carbocycles. The van der Waals surface area contributed by atoms with Crippen molar-refractivity contribution in [2.24, 2.45) is 0 Å². The lowest BCUT2D eigenvalue weighted by Crippen LogP contribution is -2.07. The molecule has 0 unspecified atom stereocenters. The van der Waals surface area contributed by atoms with Gasteiger partial charge in [0.2, 0.25) is 11.0 Å².